The first-order valence-corrected chi connectivity index (χ1v) is 6.64. The second-order valence-corrected chi connectivity index (χ2v) is 5.03. The summed E-state index contributed by atoms with van der Waals surface area (Å²) in [6.45, 7) is 6.73. The number of ether oxygens (including phenoxy) is 1. The van der Waals surface area contributed by atoms with E-state index in [1.54, 1.807) is 4.90 Å². The SMILES string of the molecule is CCCCC(=O)N1CC(OC(C)C)CC1CO. The maximum Gasteiger partial charge on any atom is 0.222 e. The largest absolute Gasteiger partial charge is 0.394 e. The molecule has 1 N–H and O–H groups in total. The molecule has 0 saturated carbocycles. The van der Waals surface area contributed by atoms with Gasteiger partial charge in [0, 0.05) is 13.0 Å². The van der Waals surface area contributed by atoms with E-state index in [4.69, 9.17) is 4.74 Å². The lowest BCUT2D eigenvalue weighted by Crippen LogP contribution is -2.38. The van der Waals surface area contributed by atoms with Gasteiger partial charge in [-0.15, -0.1) is 0 Å². The van der Waals surface area contributed by atoms with Crippen molar-refractivity contribution in [3.63, 3.8) is 0 Å². The number of carbonyl (C=O) groups is 1. The van der Waals surface area contributed by atoms with Crippen molar-refractivity contribution < 1.29 is 14.6 Å². The molecule has 1 saturated heterocycles. The second kappa shape index (κ2) is 6.97. The van der Waals surface area contributed by atoms with Gasteiger partial charge >= 0.3 is 0 Å². The summed E-state index contributed by atoms with van der Waals surface area (Å²) >= 11 is 0. The van der Waals surface area contributed by atoms with Crippen molar-refractivity contribution in [2.75, 3.05) is 13.2 Å². The van der Waals surface area contributed by atoms with Crippen LogP contribution in [-0.4, -0.2) is 47.3 Å². The Bertz CT molecular complexity index is 243. The average Bonchev–Trinajstić information content (AvgIpc) is 2.68. The molecule has 4 nitrogen and oxygen atoms in total. The Hall–Kier alpha value is -0.610. The summed E-state index contributed by atoms with van der Waals surface area (Å²) in [6, 6.07) is -0.0527. The third-order valence-electron chi connectivity index (χ3n) is 3.12. The molecule has 1 fully saturated rings. The minimum Gasteiger partial charge on any atom is -0.394 e. The van der Waals surface area contributed by atoms with E-state index in [-0.39, 0.29) is 30.8 Å². The summed E-state index contributed by atoms with van der Waals surface area (Å²) in [5.41, 5.74) is 0. The summed E-state index contributed by atoms with van der Waals surface area (Å²) in [4.78, 5) is 13.8. The molecule has 1 rings (SSSR count). The van der Waals surface area contributed by atoms with Crippen molar-refractivity contribution in [3.05, 3.63) is 0 Å². The molecule has 0 bridgehead atoms. The third kappa shape index (κ3) is 4.28. The van der Waals surface area contributed by atoms with Crippen molar-refractivity contribution in [2.45, 2.75) is 64.7 Å². The maximum absolute atomic E-state index is 12.0. The van der Waals surface area contributed by atoms with Crippen molar-refractivity contribution >= 4 is 5.91 Å². The standard InChI is InChI=1S/C13H25NO3/c1-4-5-6-13(16)14-8-12(17-10(2)3)7-11(14)9-15/h10-12,15H,4-9H2,1-3H3. The highest BCUT2D eigenvalue weighted by atomic mass is 16.5. The first kappa shape index (κ1) is 14.5. The van der Waals surface area contributed by atoms with E-state index in [1.165, 1.54) is 0 Å². The molecule has 0 spiro atoms. The van der Waals surface area contributed by atoms with Crippen LogP contribution in [0.1, 0.15) is 46.5 Å². The van der Waals surface area contributed by atoms with Gasteiger partial charge in [-0.3, -0.25) is 4.79 Å². The van der Waals surface area contributed by atoms with Gasteiger partial charge in [0.2, 0.25) is 5.91 Å². The fourth-order valence-corrected chi connectivity index (χ4v) is 2.31. The van der Waals surface area contributed by atoms with E-state index in [9.17, 15) is 9.90 Å². The maximum atomic E-state index is 12.0. The highest BCUT2D eigenvalue weighted by Crippen LogP contribution is 2.22. The van der Waals surface area contributed by atoms with Crippen LogP contribution in [0, 0.1) is 0 Å². The van der Waals surface area contributed by atoms with Gasteiger partial charge in [0.05, 0.1) is 24.9 Å². The van der Waals surface area contributed by atoms with Gasteiger partial charge in [0.25, 0.3) is 0 Å². The zero-order valence-electron chi connectivity index (χ0n) is 11.2. The summed E-state index contributed by atoms with van der Waals surface area (Å²) in [6.07, 6.45) is 3.54. The van der Waals surface area contributed by atoms with Crippen LogP contribution >= 0.6 is 0 Å². The topological polar surface area (TPSA) is 49.8 Å². The highest BCUT2D eigenvalue weighted by molar-refractivity contribution is 5.76. The molecule has 0 radical (unpaired) electrons. The number of aliphatic hydroxyl groups excluding tert-OH is 1. The van der Waals surface area contributed by atoms with Gasteiger partial charge < -0.3 is 14.7 Å². The van der Waals surface area contributed by atoms with Gasteiger partial charge in [-0.05, 0) is 26.7 Å². The summed E-state index contributed by atoms with van der Waals surface area (Å²) in [7, 11) is 0. The predicted octanol–water partition coefficient (Wildman–Crippen LogP) is 1.56. The normalized spacial score (nSPS) is 24.6. The number of unbranched alkanes of at least 4 members (excludes halogenated alkanes) is 1. The van der Waals surface area contributed by atoms with Gasteiger partial charge in [0.1, 0.15) is 0 Å². The number of hydrogen-bond donors (Lipinski definition) is 1. The first-order chi connectivity index (χ1) is 8.08. The molecule has 0 aliphatic carbocycles. The lowest BCUT2D eigenvalue weighted by Gasteiger charge is -2.22. The molecule has 0 aromatic heterocycles. The molecular weight excluding hydrogens is 218 g/mol. The lowest BCUT2D eigenvalue weighted by atomic mass is 10.2. The highest BCUT2D eigenvalue weighted by Gasteiger charge is 2.35. The fourth-order valence-electron chi connectivity index (χ4n) is 2.31. The van der Waals surface area contributed by atoms with E-state index in [2.05, 4.69) is 6.92 Å². The molecule has 1 amide bonds. The summed E-state index contributed by atoms with van der Waals surface area (Å²) in [5.74, 6) is 0.153. The molecule has 1 aliphatic rings. The summed E-state index contributed by atoms with van der Waals surface area (Å²) in [5, 5.41) is 9.31. The van der Waals surface area contributed by atoms with Crippen LogP contribution in [-0.2, 0) is 9.53 Å². The molecule has 1 aliphatic heterocycles. The molecule has 2 unspecified atom stereocenters. The third-order valence-corrected chi connectivity index (χ3v) is 3.12. The van der Waals surface area contributed by atoms with E-state index in [0.29, 0.717) is 13.0 Å². The van der Waals surface area contributed by atoms with Gasteiger partial charge in [0.15, 0.2) is 0 Å². The molecule has 0 aromatic rings. The number of carbonyl (C=O) groups excluding carboxylic acids is 1. The van der Waals surface area contributed by atoms with Gasteiger partial charge in [-0.1, -0.05) is 13.3 Å². The van der Waals surface area contributed by atoms with Crippen molar-refractivity contribution in [1.29, 1.82) is 0 Å². The number of rotatable bonds is 6. The second-order valence-electron chi connectivity index (χ2n) is 5.03. The zero-order chi connectivity index (χ0) is 12.8. The summed E-state index contributed by atoms with van der Waals surface area (Å²) < 4.78 is 5.72. The Kier molecular flexibility index (Phi) is 5.92. The van der Waals surface area contributed by atoms with Crippen molar-refractivity contribution in [1.82, 2.24) is 4.90 Å². The molecule has 17 heavy (non-hydrogen) atoms. The van der Waals surface area contributed by atoms with Crippen LogP contribution in [0.3, 0.4) is 0 Å². The Morgan fingerprint density at radius 3 is 2.76 bits per heavy atom. The van der Waals surface area contributed by atoms with E-state index in [1.807, 2.05) is 13.8 Å². The molecule has 1 heterocycles. The quantitative estimate of drug-likeness (QED) is 0.770. The van der Waals surface area contributed by atoms with E-state index < -0.39 is 0 Å². The van der Waals surface area contributed by atoms with Crippen LogP contribution in [0.2, 0.25) is 0 Å². The smallest absolute Gasteiger partial charge is 0.222 e. The molecule has 4 heteroatoms. The molecule has 0 aromatic carbocycles. The van der Waals surface area contributed by atoms with Gasteiger partial charge in [-0.25, -0.2) is 0 Å². The minimum atomic E-state index is -0.0527. The Labute approximate surface area is 104 Å². The predicted molar refractivity (Wildman–Crippen MR) is 66.7 cm³/mol. The molecular formula is C13H25NO3. The number of nitrogens with zero attached hydrogens (tertiary/aromatic N) is 1. The van der Waals surface area contributed by atoms with Crippen LogP contribution in [0.25, 0.3) is 0 Å². The number of hydrogen-bond acceptors (Lipinski definition) is 3. The Morgan fingerprint density at radius 2 is 2.24 bits per heavy atom. The van der Waals surface area contributed by atoms with Crippen LogP contribution in [0.5, 0.6) is 0 Å². The van der Waals surface area contributed by atoms with Gasteiger partial charge in [-0.2, -0.15) is 0 Å². The first-order valence-electron chi connectivity index (χ1n) is 6.64. The van der Waals surface area contributed by atoms with E-state index in [0.717, 1.165) is 19.3 Å². The monoisotopic (exact) mass is 243 g/mol. The van der Waals surface area contributed by atoms with Crippen LogP contribution < -0.4 is 0 Å². The molecule has 100 valence electrons. The number of amides is 1. The average molecular weight is 243 g/mol. The van der Waals surface area contributed by atoms with Crippen LogP contribution in [0.15, 0.2) is 0 Å². The van der Waals surface area contributed by atoms with Crippen LogP contribution in [0.4, 0.5) is 0 Å². The van der Waals surface area contributed by atoms with Crippen molar-refractivity contribution in [3.8, 4) is 0 Å². The van der Waals surface area contributed by atoms with E-state index >= 15 is 0 Å². The Balaban J connectivity index is 2.50. The Morgan fingerprint density at radius 1 is 1.53 bits per heavy atom. The van der Waals surface area contributed by atoms with Crippen molar-refractivity contribution in [2.24, 2.45) is 0 Å². The lowest BCUT2D eigenvalue weighted by molar-refractivity contribution is -0.133. The minimum absolute atomic E-state index is 0.0375. The molecule has 2 atom stereocenters. The number of likely N-dealkylation sites (tertiary alicyclic amines) is 1. The fraction of sp³-hybridized carbons (Fsp3) is 0.923. The number of aliphatic hydroxyl groups is 1. The zero-order valence-corrected chi connectivity index (χ0v) is 11.2.